The van der Waals surface area contributed by atoms with Crippen molar-refractivity contribution < 1.29 is 0 Å². The van der Waals surface area contributed by atoms with E-state index in [-0.39, 0.29) is 0 Å². The molecule has 1 N–H and O–H groups in total. The van der Waals surface area contributed by atoms with E-state index in [2.05, 4.69) is 37.8 Å². The Morgan fingerprint density at radius 1 is 1.31 bits per heavy atom. The van der Waals surface area contributed by atoms with Crippen LogP contribution < -0.4 is 0 Å². The van der Waals surface area contributed by atoms with Crippen LogP contribution in [0.1, 0.15) is 33.6 Å². The summed E-state index contributed by atoms with van der Waals surface area (Å²) in [6.45, 7) is 7.25. The minimum Gasteiger partial charge on any atom is -0.334 e. The Kier molecular flexibility index (Phi) is 3.29. The number of amidine groups is 1. The lowest BCUT2D eigenvalue weighted by molar-refractivity contribution is 0.553. The molecule has 1 heterocycles. The van der Waals surface area contributed by atoms with Crippen LogP contribution in [-0.2, 0) is 0 Å². The number of rotatable bonds is 2. The molecule has 0 spiro atoms. The van der Waals surface area contributed by atoms with E-state index < -0.39 is 0 Å². The van der Waals surface area contributed by atoms with E-state index in [0.29, 0.717) is 0 Å². The first kappa shape index (κ1) is 10.0. The molecule has 2 nitrogen and oxygen atoms in total. The second-order valence-electron chi connectivity index (χ2n) is 3.75. The van der Waals surface area contributed by atoms with Crippen LogP contribution in [0, 0.1) is 5.41 Å². The quantitative estimate of drug-likeness (QED) is 0.647. The minimum absolute atomic E-state index is 0.760. The molecule has 0 aromatic heterocycles. The molecule has 72 valence electrons. The van der Waals surface area contributed by atoms with Crippen molar-refractivity contribution in [1.82, 2.24) is 4.90 Å². The van der Waals surface area contributed by atoms with Gasteiger partial charge in [0.1, 0.15) is 5.84 Å². The molecule has 0 unspecified atom stereocenters. The van der Waals surface area contributed by atoms with Gasteiger partial charge < -0.3 is 4.90 Å². The third-order valence-electron chi connectivity index (χ3n) is 2.20. The standard InChI is InChI=1S/C11H18N2/c1-9(2)6-7-10(3)13-8-4-5-11(13)12/h6-7,12H,4-5,8H2,1-3H3/b10-7+,12-11?. The van der Waals surface area contributed by atoms with Gasteiger partial charge in [-0.1, -0.05) is 11.6 Å². The molecular weight excluding hydrogens is 160 g/mol. The van der Waals surface area contributed by atoms with E-state index in [0.717, 1.165) is 25.2 Å². The lowest BCUT2D eigenvalue weighted by Gasteiger charge is -2.17. The van der Waals surface area contributed by atoms with Crippen molar-refractivity contribution in [2.24, 2.45) is 0 Å². The van der Waals surface area contributed by atoms with Gasteiger partial charge in [0.15, 0.2) is 0 Å². The van der Waals surface area contributed by atoms with Gasteiger partial charge in [-0.15, -0.1) is 0 Å². The van der Waals surface area contributed by atoms with Crippen molar-refractivity contribution in [2.75, 3.05) is 6.54 Å². The van der Waals surface area contributed by atoms with Crippen LogP contribution in [0.15, 0.2) is 23.4 Å². The Morgan fingerprint density at radius 3 is 2.46 bits per heavy atom. The maximum absolute atomic E-state index is 7.69. The van der Waals surface area contributed by atoms with Crippen molar-refractivity contribution in [1.29, 1.82) is 5.41 Å². The summed E-state index contributed by atoms with van der Waals surface area (Å²) < 4.78 is 0. The zero-order valence-corrected chi connectivity index (χ0v) is 8.72. The summed E-state index contributed by atoms with van der Waals surface area (Å²) in [6, 6.07) is 0. The van der Waals surface area contributed by atoms with Gasteiger partial charge >= 0.3 is 0 Å². The second kappa shape index (κ2) is 4.26. The van der Waals surface area contributed by atoms with Crippen molar-refractivity contribution in [2.45, 2.75) is 33.6 Å². The summed E-state index contributed by atoms with van der Waals surface area (Å²) in [7, 11) is 0. The molecule has 0 aromatic carbocycles. The first-order valence-electron chi connectivity index (χ1n) is 4.78. The fraction of sp³-hybridized carbons (Fsp3) is 0.545. The van der Waals surface area contributed by atoms with E-state index in [1.807, 2.05) is 0 Å². The molecular formula is C11H18N2. The molecule has 0 atom stereocenters. The van der Waals surface area contributed by atoms with Crippen LogP contribution >= 0.6 is 0 Å². The van der Waals surface area contributed by atoms with Gasteiger partial charge in [0.05, 0.1) is 0 Å². The fourth-order valence-corrected chi connectivity index (χ4v) is 1.44. The summed E-state index contributed by atoms with van der Waals surface area (Å²) in [4.78, 5) is 2.08. The molecule has 1 aliphatic heterocycles. The first-order chi connectivity index (χ1) is 6.11. The van der Waals surface area contributed by atoms with Gasteiger partial charge in [-0.2, -0.15) is 0 Å². The monoisotopic (exact) mass is 178 g/mol. The Balaban J connectivity index is 2.66. The molecule has 1 saturated heterocycles. The third-order valence-corrected chi connectivity index (χ3v) is 2.20. The smallest absolute Gasteiger partial charge is 0.100 e. The van der Waals surface area contributed by atoms with E-state index in [9.17, 15) is 0 Å². The van der Waals surface area contributed by atoms with Crippen molar-refractivity contribution in [3.8, 4) is 0 Å². The maximum atomic E-state index is 7.69. The van der Waals surface area contributed by atoms with E-state index in [1.165, 1.54) is 11.3 Å². The predicted molar refractivity (Wildman–Crippen MR) is 56.9 cm³/mol. The average molecular weight is 178 g/mol. The van der Waals surface area contributed by atoms with Crippen LogP contribution in [0.25, 0.3) is 0 Å². The van der Waals surface area contributed by atoms with Gasteiger partial charge in [-0.3, -0.25) is 5.41 Å². The zero-order chi connectivity index (χ0) is 9.84. The highest BCUT2D eigenvalue weighted by Gasteiger charge is 2.17. The highest BCUT2D eigenvalue weighted by Crippen LogP contribution is 2.16. The minimum atomic E-state index is 0.760. The van der Waals surface area contributed by atoms with Gasteiger partial charge in [-0.25, -0.2) is 0 Å². The van der Waals surface area contributed by atoms with Gasteiger partial charge in [0, 0.05) is 18.7 Å². The molecule has 13 heavy (non-hydrogen) atoms. The molecule has 0 bridgehead atoms. The average Bonchev–Trinajstić information content (AvgIpc) is 2.47. The van der Waals surface area contributed by atoms with Gasteiger partial charge in [0.2, 0.25) is 0 Å². The van der Waals surface area contributed by atoms with Crippen LogP contribution in [0.4, 0.5) is 0 Å². The van der Waals surface area contributed by atoms with Crippen molar-refractivity contribution in [3.05, 3.63) is 23.4 Å². The Labute approximate surface area is 80.4 Å². The Bertz CT molecular complexity index is 257. The predicted octanol–water partition coefficient (Wildman–Crippen LogP) is 2.93. The number of allylic oxidation sites excluding steroid dienone is 4. The molecule has 1 aliphatic rings. The van der Waals surface area contributed by atoms with E-state index >= 15 is 0 Å². The Morgan fingerprint density at radius 2 is 2.00 bits per heavy atom. The zero-order valence-electron chi connectivity index (χ0n) is 8.72. The summed E-state index contributed by atoms with van der Waals surface area (Å²) >= 11 is 0. The number of likely N-dealkylation sites (tertiary alicyclic amines) is 1. The van der Waals surface area contributed by atoms with Gasteiger partial charge in [0.25, 0.3) is 0 Å². The summed E-state index contributed by atoms with van der Waals surface area (Å²) in [5.41, 5.74) is 2.48. The highest BCUT2D eigenvalue weighted by molar-refractivity contribution is 5.82. The number of nitrogens with zero attached hydrogens (tertiary/aromatic N) is 1. The molecule has 1 rings (SSSR count). The van der Waals surface area contributed by atoms with E-state index in [1.54, 1.807) is 0 Å². The largest absolute Gasteiger partial charge is 0.334 e. The van der Waals surface area contributed by atoms with E-state index in [4.69, 9.17) is 5.41 Å². The van der Waals surface area contributed by atoms with Crippen LogP contribution in [0.3, 0.4) is 0 Å². The van der Waals surface area contributed by atoms with Gasteiger partial charge in [-0.05, 0) is 33.3 Å². The number of nitrogens with one attached hydrogen (secondary N) is 1. The molecule has 2 heteroatoms. The SMILES string of the molecule is CC(C)=C/C=C(\C)N1CCCC1=N. The molecule has 0 aromatic rings. The summed E-state index contributed by atoms with van der Waals surface area (Å²) in [5.74, 6) is 0.760. The number of hydrogen-bond donors (Lipinski definition) is 1. The molecule has 0 radical (unpaired) electrons. The Hall–Kier alpha value is -1.05. The summed E-state index contributed by atoms with van der Waals surface area (Å²) in [6.07, 6.45) is 6.25. The lowest BCUT2D eigenvalue weighted by Crippen LogP contribution is -2.21. The molecule has 0 aliphatic carbocycles. The third kappa shape index (κ3) is 2.72. The maximum Gasteiger partial charge on any atom is 0.100 e. The molecule has 0 amide bonds. The van der Waals surface area contributed by atoms with Crippen LogP contribution in [0.5, 0.6) is 0 Å². The lowest BCUT2D eigenvalue weighted by atomic mass is 10.3. The molecule has 1 fully saturated rings. The normalized spacial score (nSPS) is 17.9. The topological polar surface area (TPSA) is 27.1 Å². The van der Waals surface area contributed by atoms with Crippen LogP contribution in [-0.4, -0.2) is 17.3 Å². The van der Waals surface area contributed by atoms with Crippen molar-refractivity contribution in [3.63, 3.8) is 0 Å². The number of hydrogen-bond acceptors (Lipinski definition) is 1. The van der Waals surface area contributed by atoms with Crippen LogP contribution in [0.2, 0.25) is 0 Å². The highest BCUT2D eigenvalue weighted by atomic mass is 15.2. The first-order valence-corrected chi connectivity index (χ1v) is 4.78. The summed E-state index contributed by atoms with van der Waals surface area (Å²) in [5, 5.41) is 7.69. The molecule has 0 saturated carbocycles. The fourth-order valence-electron chi connectivity index (χ4n) is 1.44. The van der Waals surface area contributed by atoms with Crippen molar-refractivity contribution >= 4 is 5.84 Å². The second-order valence-corrected chi connectivity index (χ2v) is 3.75.